The van der Waals surface area contributed by atoms with Gasteiger partial charge in [0.15, 0.2) is 0 Å². The number of ether oxygens (including phenoxy) is 14. The maximum atomic E-state index is 12.3. The van der Waals surface area contributed by atoms with Crippen molar-refractivity contribution in [2.24, 2.45) is 0 Å². The fourth-order valence-electron chi connectivity index (χ4n) is 8.55. The molecule has 0 unspecified atom stereocenters. The number of benzene rings is 4. The zero-order chi connectivity index (χ0) is 52.8. The van der Waals surface area contributed by atoms with Gasteiger partial charge in [0.05, 0.1) is 145 Å². The van der Waals surface area contributed by atoms with E-state index >= 15 is 0 Å². The van der Waals surface area contributed by atoms with Crippen LogP contribution in [0.1, 0.15) is 46.9 Å². The number of hydrogen-bond donors (Lipinski definition) is 2. The summed E-state index contributed by atoms with van der Waals surface area (Å²) in [4.78, 5) is 24.6. The van der Waals surface area contributed by atoms with Gasteiger partial charge < -0.3 is 76.9 Å². The Morgan fingerprint density at radius 2 is 0.487 bits per heavy atom. The van der Waals surface area contributed by atoms with E-state index in [4.69, 9.17) is 66.3 Å². The summed E-state index contributed by atoms with van der Waals surface area (Å²) in [5.74, 6) is 0.0846. The summed E-state index contributed by atoms with van der Waals surface area (Å²) in [6, 6.07) is 33.1. The quantitative estimate of drug-likeness (QED) is 0.0429. The van der Waals surface area contributed by atoms with E-state index in [0.717, 1.165) is 0 Å². The second-order valence-electron chi connectivity index (χ2n) is 17.6. The molecule has 4 aromatic carbocycles. The van der Waals surface area contributed by atoms with Gasteiger partial charge in [0.25, 0.3) is 0 Å². The third kappa shape index (κ3) is 22.9. The molecule has 0 fully saturated rings. The molecule has 0 atom stereocenters. The van der Waals surface area contributed by atoms with Crippen molar-refractivity contribution >= 4 is 12.2 Å². The molecule has 2 N–H and O–H groups in total. The summed E-state index contributed by atoms with van der Waals surface area (Å²) in [6.45, 7) is 13.0. The molecule has 18 nitrogen and oxygen atoms in total. The van der Waals surface area contributed by atoms with Crippen molar-refractivity contribution in [3.63, 3.8) is 0 Å². The monoisotopic (exact) mass is 1060 g/mol. The Morgan fingerprint density at radius 3 is 0.711 bits per heavy atom. The molecule has 2 aliphatic carbocycles. The molecule has 0 saturated heterocycles. The predicted molar refractivity (Wildman–Crippen MR) is 285 cm³/mol. The van der Waals surface area contributed by atoms with Gasteiger partial charge in [-0.2, -0.15) is 0 Å². The molecule has 76 heavy (non-hydrogen) atoms. The van der Waals surface area contributed by atoms with Gasteiger partial charge in [0.2, 0.25) is 0 Å². The highest BCUT2D eigenvalue weighted by molar-refractivity contribution is 5.80. The van der Waals surface area contributed by atoms with Crippen LogP contribution in [0.25, 0.3) is 22.3 Å². The van der Waals surface area contributed by atoms with Crippen molar-refractivity contribution in [1.29, 1.82) is 0 Å². The first-order valence-electron chi connectivity index (χ1n) is 26.8. The van der Waals surface area contributed by atoms with Gasteiger partial charge in [-0.15, -0.1) is 0 Å². The third-order valence-corrected chi connectivity index (χ3v) is 12.2. The summed E-state index contributed by atoms with van der Waals surface area (Å²) >= 11 is 0. The normalized spacial score (nSPS) is 12.6. The molecule has 2 amide bonds. The van der Waals surface area contributed by atoms with E-state index in [1.165, 1.54) is 44.5 Å². The number of fused-ring (bicyclic) bond motifs is 6. The second kappa shape index (κ2) is 38.5. The van der Waals surface area contributed by atoms with E-state index in [9.17, 15) is 9.59 Å². The molecular weight excluding hydrogens is 981 g/mol. The lowest BCUT2D eigenvalue weighted by atomic mass is 9.98. The highest BCUT2D eigenvalue weighted by Gasteiger charge is 2.30. The minimum absolute atomic E-state index is 0.0423. The van der Waals surface area contributed by atoms with Crippen molar-refractivity contribution in [1.82, 2.24) is 10.6 Å². The standard InChI is InChI=1S/C58H80N2O16/c61-57(75-45-55-51-15-5-1-11-47(51)48-12-2-6-16-52(48)55)59-19-9-21-63-23-25-65-27-29-67-31-33-69-35-37-71-39-41-73-43-44-74-42-40-72-38-36-70-34-32-68-30-28-66-26-24-64-22-10-20-60-58(62)76-46-56-53-17-7-3-13-49(53)50-14-4-8-18-54(50)56/h1-8,11-18,55-56H,9-10,19-46H2,(H,59,61)(H,60,62). The number of alkyl carbamates (subject to hydrolysis) is 2. The number of nitrogens with one attached hydrogen (secondary N) is 2. The van der Waals surface area contributed by atoms with E-state index in [0.29, 0.717) is 198 Å². The molecule has 18 heteroatoms. The van der Waals surface area contributed by atoms with E-state index in [2.05, 4.69) is 59.2 Å². The van der Waals surface area contributed by atoms with Crippen LogP contribution >= 0.6 is 0 Å². The zero-order valence-corrected chi connectivity index (χ0v) is 44.1. The Balaban J connectivity index is 0.566. The van der Waals surface area contributed by atoms with Gasteiger partial charge in [-0.25, -0.2) is 9.59 Å². The minimum atomic E-state index is -0.420. The highest BCUT2D eigenvalue weighted by Crippen LogP contribution is 2.45. The molecule has 6 rings (SSSR count). The van der Waals surface area contributed by atoms with E-state index in [1.807, 2.05) is 48.5 Å². The molecule has 0 bridgehead atoms. The van der Waals surface area contributed by atoms with Crippen LogP contribution in [0.15, 0.2) is 97.1 Å². The number of carbonyl (C=O) groups is 2. The predicted octanol–water partition coefficient (Wildman–Crippen LogP) is 7.04. The molecule has 0 saturated carbocycles. The van der Waals surface area contributed by atoms with Crippen molar-refractivity contribution in [2.75, 3.05) is 185 Å². The van der Waals surface area contributed by atoms with Crippen LogP contribution in [0, 0.1) is 0 Å². The molecule has 0 heterocycles. The van der Waals surface area contributed by atoms with E-state index in [1.54, 1.807) is 0 Å². The van der Waals surface area contributed by atoms with Crippen LogP contribution in [0.3, 0.4) is 0 Å². The van der Waals surface area contributed by atoms with Gasteiger partial charge in [-0.3, -0.25) is 0 Å². The smallest absolute Gasteiger partial charge is 0.407 e. The van der Waals surface area contributed by atoms with Gasteiger partial charge in [-0.1, -0.05) is 97.1 Å². The Kier molecular flexibility index (Phi) is 30.5. The van der Waals surface area contributed by atoms with Crippen LogP contribution in [0.4, 0.5) is 9.59 Å². The highest BCUT2D eigenvalue weighted by atomic mass is 16.6. The summed E-state index contributed by atoms with van der Waals surface area (Å²) < 4.78 is 77.7. The first-order chi connectivity index (χ1) is 37.7. The molecule has 2 aliphatic rings. The summed E-state index contributed by atoms with van der Waals surface area (Å²) in [5, 5.41) is 5.62. The lowest BCUT2D eigenvalue weighted by Gasteiger charge is -2.14. The van der Waals surface area contributed by atoms with Gasteiger partial charge >= 0.3 is 12.2 Å². The molecule has 0 aromatic heterocycles. The van der Waals surface area contributed by atoms with Gasteiger partial charge in [0, 0.05) is 38.1 Å². The molecule has 4 aromatic rings. The Morgan fingerprint density at radius 1 is 0.289 bits per heavy atom. The largest absolute Gasteiger partial charge is 0.449 e. The van der Waals surface area contributed by atoms with Crippen molar-refractivity contribution < 1.29 is 75.9 Å². The van der Waals surface area contributed by atoms with Crippen LogP contribution in [-0.4, -0.2) is 197 Å². The van der Waals surface area contributed by atoms with E-state index < -0.39 is 12.2 Å². The summed E-state index contributed by atoms with van der Waals surface area (Å²) in [7, 11) is 0. The Hall–Kier alpha value is -5.06. The molecular formula is C58H80N2O16. The number of rotatable bonds is 45. The zero-order valence-electron chi connectivity index (χ0n) is 44.1. The van der Waals surface area contributed by atoms with Crippen LogP contribution in [0.2, 0.25) is 0 Å². The van der Waals surface area contributed by atoms with Crippen LogP contribution in [0.5, 0.6) is 0 Å². The SMILES string of the molecule is O=C(NCCCOCCOCCOCCOCCOCCOCCOCCOCCOCCOCCOCCOCCCNC(=O)OCC1c2ccccc2-c2ccccc21)OCC1c2ccccc2-c2ccccc21. The third-order valence-electron chi connectivity index (χ3n) is 12.2. The van der Waals surface area contributed by atoms with Crippen LogP contribution < -0.4 is 10.6 Å². The van der Waals surface area contributed by atoms with Gasteiger partial charge in [-0.05, 0) is 57.3 Å². The fraction of sp³-hybridized carbons (Fsp3) is 0.552. The van der Waals surface area contributed by atoms with Crippen molar-refractivity contribution in [2.45, 2.75) is 24.7 Å². The molecule has 0 aliphatic heterocycles. The minimum Gasteiger partial charge on any atom is -0.449 e. The topological polar surface area (TPSA) is 187 Å². The average molecular weight is 1060 g/mol. The maximum Gasteiger partial charge on any atom is 0.407 e. The molecule has 0 radical (unpaired) electrons. The fourth-order valence-corrected chi connectivity index (χ4v) is 8.55. The lowest BCUT2D eigenvalue weighted by molar-refractivity contribution is -0.0283. The Labute approximate surface area is 448 Å². The molecule has 418 valence electrons. The van der Waals surface area contributed by atoms with Crippen molar-refractivity contribution in [3.8, 4) is 22.3 Å². The molecule has 0 spiro atoms. The van der Waals surface area contributed by atoms with Crippen LogP contribution in [-0.2, 0) is 66.3 Å². The van der Waals surface area contributed by atoms with E-state index in [-0.39, 0.29) is 11.8 Å². The Bertz CT molecular complexity index is 1940. The summed E-state index contributed by atoms with van der Waals surface area (Å²) in [6.07, 6.45) is 0.514. The number of hydrogen-bond acceptors (Lipinski definition) is 16. The first kappa shape index (κ1) is 60.2. The van der Waals surface area contributed by atoms with Gasteiger partial charge in [0.1, 0.15) is 13.2 Å². The average Bonchev–Trinajstić information content (AvgIpc) is 3.99. The second-order valence-corrected chi connectivity index (χ2v) is 17.6. The first-order valence-corrected chi connectivity index (χ1v) is 26.8. The summed E-state index contributed by atoms with van der Waals surface area (Å²) in [5.41, 5.74) is 9.58. The maximum absolute atomic E-state index is 12.3. The number of amides is 2. The lowest BCUT2D eigenvalue weighted by Crippen LogP contribution is -2.27. The van der Waals surface area contributed by atoms with Crippen molar-refractivity contribution in [3.05, 3.63) is 119 Å². The number of carbonyl (C=O) groups excluding carboxylic acids is 2.